The zero-order chi connectivity index (χ0) is 8.89. The maximum Gasteiger partial charge on any atom is 0.231 e. The van der Waals surface area contributed by atoms with Crippen LogP contribution in [-0.2, 0) is 4.79 Å². The number of carbonyl (C=O) groups is 1. The highest BCUT2D eigenvalue weighted by Gasteiger charge is 2.53. The van der Waals surface area contributed by atoms with Crippen LogP contribution in [0.4, 0.5) is 0 Å². The van der Waals surface area contributed by atoms with E-state index >= 15 is 0 Å². The zero-order valence-electron chi connectivity index (χ0n) is 7.64. The molecular formula is C9H15N2OS+. The second-order valence-electron chi connectivity index (χ2n) is 4.43. The van der Waals surface area contributed by atoms with Gasteiger partial charge in [0.25, 0.3) is 0 Å². The molecule has 72 valence electrons. The monoisotopic (exact) mass is 199 g/mol. The van der Waals surface area contributed by atoms with Crippen LogP contribution in [0, 0.1) is 5.92 Å². The number of rotatable bonds is 0. The molecule has 1 spiro atoms. The van der Waals surface area contributed by atoms with Gasteiger partial charge in [0.15, 0.2) is 0 Å². The summed E-state index contributed by atoms with van der Waals surface area (Å²) in [7, 11) is 0. The highest BCUT2D eigenvalue weighted by atomic mass is 32.2. The van der Waals surface area contributed by atoms with E-state index in [2.05, 4.69) is 5.32 Å². The van der Waals surface area contributed by atoms with Crippen LogP contribution in [-0.4, -0.2) is 36.2 Å². The second-order valence-corrected chi connectivity index (χ2v) is 5.73. The van der Waals surface area contributed by atoms with Crippen LogP contribution in [0.3, 0.4) is 0 Å². The lowest BCUT2D eigenvalue weighted by molar-refractivity contribution is -0.919. The number of fused-ring (bicyclic) bond motifs is 2. The van der Waals surface area contributed by atoms with E-state index in [4.69, 9.17) is 0 Å². The minimum absolute atomic E-state index is 0.142. The molecule has 0 aliphatic carbocycles. The van der Waals surface area contributed by atoms with Crippen molar-refractivity contribution in [3.05, 3.63) is 0 Å². The number of nitrogens with one attached hydrogen (secondary N) is 2. The lowest BCUT2D eigenvalue weighted by atomic mass is 9.83. The van der Waals surface area contributed by atoms with Crippen LogP contribution in [0.2, 0.25) is 0 Å². The van der Waals surface area contributed by atoms with Crippen molar-refractivity contribution in [2.75, 3.05) is 25.4 Å². The smallest absolute Gasteiger partial charge is 0.231 e. The average molecular weight is 199 g/mol. The van der Waals surface area contributed by atoms with Gasteiger partial charge in [-0.2, -0.15) is 0 Å². The van der Waals surface area contributed by atoms with Crippen LogP contribution in [0.15, 0.2) is 0 Å². The lowest BCUT2D eigenvalue weighted by Crippen LogP contribution is -3.18. The molecule has 1 amide bonds. The number of amides is 1. The fourth-order valence-corrected chi connectivity index (χ4v) is 4.43. The summed E-state index contributed by atoms with van der Waals surface area (Å²) in [5.41, 5.74) is 0. The third-order valence-electron chi connectivity index (χ3n) is 3.68. The van der Waals surface area contributed by atoms with Gasteiger partial charge in [0.1, 0.15) is 11.4 Å². The Hall–Kier alpha value is -0.220. The molecule has 0 aromatic heterocycles. The molecule has 4 rings (SSSR count). The molecule has 0 aromatic carbocycles. The molecule has 4 saturated heterocycles. The van der Waals surface area contributed by atoms with Crippen LogP contribution >= 0.6 is 11.8 Å². The number of quaternary nitrogens is 1. The van der Waals surface area contributed by atoms with Gasteiger partial charge < -0.3 is 10.2 Å². The van der Waals surface area contributed by atoms with Crippen molar-refractivity contribution in [1.29, 1.82) is 0 Å². The normalized spacial score (nSPS) is 48.5. The average Bonchev–Trinajstić information content (AvgIpc) is 2.49. The summed E-state index contributed by atoms with van der Waals surface area (Å²) >= 11 is 1.86. The minimum Gasteiger partial charge on any atom is -0.336 e. The summed E-state index contributed by atoms with van der Waals surface area (Å²) in [5.74, 6) is 1.68. The number of thioether (sulfide) groups is 1. The Morgan fingerprint density at radius 3 is 2.69 bits per heavy atom. The van der Waals surface area contributed by atoms with Gasteiger partial charge in [-0.25, -0.2) is 0 Å². The van der Waals surface area contributed by atoms with E-state index < -0.39 is 0 Å². The van der Waals surface area contributed by atoms with Crippen molar-refractivity contribution in [1.82, 2.24) is 5.32 Å². The maximum atomic E-state index is 11.3. The highest BCUT2D eigenvalue weighted by molar-refractivity contribution is 8.01. The van der Waals surface area contributed by atoms with Crippen LogP contribution in [0.5, 0.6) is 0 Å². The molecule has 4 heteroatoms. The molecule has 4 fully saturated rings. The Labute approximate surface area is 82.2 Å². The summed E-state index contributed by atoms with van der Waals surface area (Å²) < 4.78 is 0. The summed E-state index contributed by atoms with van der Waals surface area (Å²) in [6.45, 7) is 3.81. The number of hydrogen-bond acceptors (Lipinski definition) is 2. The van der Waals surface area contributed by atoms with Crippen molar-refractivity contribution in [2.24, 2.45) is 5.92 Å². The van der Waals surface area contributed by atoms with E-state index in [9.17, 15) is 4.79 Å². The predicted octanol–water partition coefficient (Wildman–Crippen LogP) is -1.15. The van der Waals surface area contributed by atoms with Gasteiger partial charge in [-0.05, 0) is 0 Å². The molecule has 3 nitrogen and oxygen atoms in total. The molecule has 4 aliphatic heterocycles. The molecule has 4 aliphatic rings. The largest absolute Gasteiger partial charge is 0.336 e. The van der Waals surface area contributed by atoms with Crippen molar-refractivity contribution in [3.8, 4) is 0 Å². The molecule has 2 N–H and O–H groups in total. The fraction of sp³-hybridized carbons (Fsp3) is 0.889. The molecule has 0 saturated carbocycles. The van der Waals surface area contributed by atoms with E-state index in [0.717, 1.165) is 12.5 Å². The lowest BCUT2D eigenvalue weighted by Gasteiger charge is -2.47. The van der Waals surface area contributed by atoms with Gasteiger partial charge >= 0.3 is 0 Å². The molecule has 0 unspecified atom stereocenters. The standard InChI is InChI=1S/C9H14N2OS/c12-8-5-13-9(10-8)6-11-3-1-7(9)2-4-11/h7H,1-6H2,(H,10,12)/p+1/t9-/m1/s1. The molecule has 0 aromatic rings. The third kappa shape index (κ3) is 1.12. The number of hydrogen-bond donors (Lipinski definition) is 2. The van der Waals surface area contributed by atoms with Gasteiger partial charge in [-0.3, -0.25) is 4.79 Å². The van der Waals surface area contributed by atoms with E-state index in [1.807, 2.05) is 11.8 Å². The summed E-state index contributed by atoms with van der Waals surface area (Å²) in [4.78, 5) is 13.1. The molecule has 0 radical (unpaired) electrons. The van der Waals surface area contributed by atoms with Gasteiger partial charge in [0.05, 0.1) is 18.8 Å². The molecule has 13 heavy (non-hydrogen) atoms. The third-order valence-corrected chi connectivity index (χ3v) is 5.18. The first-order chi connectivity index (χ1) is 6.28. The van der Waals surface area contributed by atoms with E-state index in [1.54, 1.807) is 4.90 Å². The topological polar surface area (TPSA) is 33.5 Å². The van der Waals surface area contributed by atoms with E-state index in [1.165, 1.54) is 25.9 Å². The maximum absolute atomic E-state index is 11.3. The second kappa shape index (κ2) is 2.64. The van der Waals surface area contributed by atoms with Crippen molar-refractivity contribution < 1.29 is 9.69 Å². The van der Waals surface area contributed by atoms with E-state index in [-0.39, 0.29) is 10.8 Å². The summed E-state index contributed by atoms with van der Waals surface area (Å²) in [6.07, 6.45) is 2.62. The first kappa shape index (κ1) is 8.12. The Balaban J connectivity index is 1.87. The Morgan fingerprint density at radius 2 is 2.23 bits per heavy atom. The molecule has 4 heterocycles. The van der Waals surface area contributed by atoms with E-state index in [0.29, 0.717) is 5.75 Å². The van der Waals surface area contributed by atoms with Crippen LogP contribution in [0.25, 0.3) is 0 Å². The van der Waals surface area contributed by atoms with Gasteiger partial charge in [0.2, 0.25) is 5.91 Å². The molecule has 1 atom stereocenters. The van der Waals surface area contributed by atoms with Crippen molar-refractivity contribution >= 4 is 17.7 Å². The Morgan fingerprint density at radius 1 is 1.46 bits per heavy atom. The van der Waals surface area contributed by atoms with Crippen LogP contribution < -0.4 is 10.2 Å². The highest BCUT2D eigenvalue weighted by Crippen LogP contribution is 2.40. The summed E-state index contributed by atoms with van der Waals surface area (Å²) in [6, 6.07) is 0. The first-order valence-electron chi connectivity index (χ1n) is 5.07. The van der Waals surface area contributed by atoms with Crippen LogP contribution in [0.1, 0.15) is 12.8 Å². The summed E-state index contributed by atoms with van der Waals surface area (Å²) in [5, 5.41) is 3.20. The van der Waals surface area contributed by atoms with Gasteiger partial charge in [-0.1, -0.05) is 0 Å². The molecular weight excluding hydrogens is 184 g/mol. The quantitative estimate of drug-likeness (QED) is 0.517. The predicted molar refractivity (Wildman–Crippen MR) is 51.6 cm³/mol. The van der Waals surface area contributed by atoms with Crippen molar-refractivity contribution in [3.63, 3.8) is 0 Å². The first-order valence-corrected chi connectivity index (χ1v) is 6.06. The zero-order valence-corrected chi connectivity index (χ0v) is 8.45. The SMILES string of the molecule is O=C1CS[C@@]2(C[NH+]3CCC2CC3)N1. The molecule has 2 bridgehead atoms. The van der Waals surface area contributed by atoms with Crippen molar-refractivity contribution in [2.45, 2.75) is 17.7 Å². The fourth-order valence-electron chi connectivity index (χ4n) is 3.00. The Bertz CT molecular complexity index is 250. The van der Waals surface area contributed by atoms with Gasteiger partial charge in [-0.15, -0.1) is 11.8 Å². The Kier molecular flexibility index (Phi) is 1.65. The minimum atomic E-state index is 0.142. The number of piperidine rings is 3. The number of carbonyl (C=O) groups excluding carboxylic acids is 1. The van der Waals surface area contributed by atoms with Gasteiger partial charge in [0, 0.05) is 18.8 Å².